The molecule has 0 radical (unpaired) electrons. The van der Waals surface area contributed by atoms with Crippen LogP contribution in [0.15, 0.2) is 66.7 Å². The van der Waals surface area contributed by atoms with E-state index >= 15 is 0 Å². The van der Waals surface area contributed by atoms with Crippen molar-refractivity contribution in [2.45, 2.75) is 65.6 Å². The van der Waals surface area contributed by atoms with Gasteiger partial charge in [0.2, 0.25) is 17.7 Å². The Morgan fingerprint density at radius 1 is 1.02 bits per heavy atom. The zero-order valence-electron chi connectivity index (χ0n) is 28.6. The van der Waals surface area contributed by atoms with Gasteiger partial charge in [-0.05, 0) is 69.5 Å². The average molecular weight is 677 g/mol. The first-order valence-corrected chi connectivity index (χ1v) is 16.5. The Bertz CT molecular complexity index is 1610. The lowest BCUT2D eigenvalue weighted by Gasteiger charge is -2.29. The van der Waals surface area contributed by atoms with Crippen molar-refractivity contribution in [3.63, 3.8) is 0 Å². The predicted octanol–water partition coefficient (Wildman–Crippen LogP) is 4.77. The summed E-state index contributed by atoms with van der Waals surface area (Å²) in [5, 5.41) is 8.27. The summed E-state index contributed by atoms with van der Waals surface area (Å²) >= 11 is 0. The first-order chi connectivity index (χ1) is 23.4. The van der Waals surface area contributed by atoms with Gasteiger partial charge in [-0.15, -0.1) is 0 Å². The third-order valence-electron chi connectivity index (χ3n) is 7.83. The summed E-state index contributed by atoms with van der Waals surface area (Å²) in [5.41, 5.74) is 1.22. The Morgan fingerprint density at radius 3 is 2.47 bits per heavy atom. The molecule has 11 nitrogen and oxygen atoms in total. The van der Waals surface area contributed by atoms with Gasteiger partial charge in [-0.3, -0.25) is 19.2 Å². The molecule has 0 saturated carbocycles. The molecular formula is C37H45FN4O7. The first-order valence-electron chi connectivity index (χ1n) is 16.5. The summed E-state index contributed by atoms with van der Waals surface area (Å²) in [6.07, 6.45) is -0.0317. The molecule has 0 saturated heterocycles. The average Bonchev–Trinajstić information content (AvgIpc) is 3.06. The van der Waals surface area contributed by atoms with E-state index in [9.17, 15) is 23.6 Å². The number of nitrogens with zero attached hydrogens (tertiary/aromatic N) is 1. The van der Waals surface area contributed by atoms with E-state index in [0.29, 0.717) is 18.7 Å². The molecule has 262 valence electrons. The predicted molar refractivity (Wildman–Crippen MR) is 182 cm³/mol. The van der Waals surface area contributed by atoms with E-state index in [1.165, 1.54) is 18.2 Å². The Kier molecular flexibility index (Phi) is 13.0. The van der Waals surface area contributed by atoms with Gasteiger partial charge in [-0.25, -0.2) is 4.39 Å². The number of hydrogen-bond acceptors (Lipinski definition) is 7. The molecule has 3 atom stereocenters. The van der Waals surface area contributed by atoms with Crippen molar-refractivity contribution < 1.29 is 37.8 Å². The van der Waals surface area contributed by atoms with Crippen molar-refractivity contribution in [3.05, 3.63) is 83.7 Å². The maximum absolute atomic E-state index is 14.1. The van der Waals surface area contributed by atoms with Gasteiger partial charge in [0, 0.05) is 12.6 Å². The second kappa shape index (κ2) is 17.3. The number of fused-ring (bicyclic) bond motifs is 1. The molecule has 3 aromatic carbocycles. The summed E-state index contributed by atoms with van der Waals surface area (Å²) in [6, 6.07) is 15.0. The largest absolute Gasteiger partial charge is 0.491 e. The number of para-hydroxylation sites is 1. The number of hydrogen-bond donors (Lipinski definition) is 3. The third-order valence-corrected chi connectivity index (χ3v) is 7.83. The maximum Gasteiger partial charge on any atom is 0.255 e. The number of aryl methyl sites for hydroxylation is 1. The fraction of sp³-hybridized carbons (Fsp3) is 0.405. The van der Waals surface area contributed by atoms with Crippen molar-refractivity contribution in [1.82, 2.24) is 20.9 Å². The molecular weight excluding hydrogens is 631 g/mol. The van der Waals surface area contributed by atoms with Crippen LogP contribution in [0.1, 0.15) is 56.5 Å². The molecule has 0 bridgehead atoms. The second-order valence-electron chi connectivity index (χ2n) is 12.5. The van der Waals surface area contributed by atoms with Gasteiger partial charge in [0.15, 0.2) is 11.5 Å². The number of benzene rings is 3. The van der Waals surface area contributed by atoms with Crippen molar-refractivity contribution in [1.29, 1.82) is 0 Å². The molecule has 3 aromatic rings. The summed E-state index contributed by atoms with van der Waals surface area (Å²) in [4.78, 5) is 55.6. The van der Waals surface area contributed by atoms with E-state index in [1.54, 1.807) is 48.2 Å². The van der Waals surface area contributed by atoms with Crippen molar-refractivity contribution in [2.75, 3.05) is 26.3 Å². The molecule has 0 unspecified atom stereocenters. The Balaban J connectivity index is 1.51. The Labute approximate surface area is 286 Å². The molecule has 3 N–H and O–H groups in total. The van der Waals surface area contributed by atoms with Gasteiger partial charge < -0.3 is 35.1 Å². The fourth-order valence-electron chi connectivity index (χ4n) is 5.28. The number of amides is 4. The van der Waals surface area contributed by atoms with Crippen LogP contribution in [0.25, 0.3) is 0 Å². The van der Waals surface area contributed by atoms with Gasteiger partial charge in [-0.2, -0.15) is 0 Å². The van der Waals surface area contributed by atoms with Crippen LogP contribution in [-0.4, -0.2) is 73.0 Å². The number of halogens is 1. The summed E-state index contributed by atoms with van der Waals surface area (Å²) in [7, 11) is 0. The van der Waals surface area contributed by atoms with Crippen molar-refractivity contribution >= 4 is 23.6 Å². The van der Waals surface area contributed by atoms with Crippen molar-refractivity contribution in [3.8, 4) is 23.0 Å². The van der Waals surface area contributed by atoms with Gasteiger partial charge in [0.1, 0.15) is 42.6 Å². The monoisotopic (exact) mass is 676 g/mol. The molecule has 12 heteroatoms. The van der Waals surface area contributed by atoms with Crippen LogP contribution in [0.2, 0.25) is 0 Å². The summed E-state index contributed by atoms with van der Waals surface area (Å²) in [5.74, 6) is -1.27. The lowest BCUT2D eigenvalue weighted by molar-refractivity contribution is -0.137. The molecule has 4 amide bonds. The van der Waals surface area contributed by atoms with Crippen LogP contribution in [0.5, 0.6) is 23.0 Å². The lowest BCUT2D eigenvalue weighted by Crippen LogP contribution is -2.54. The van der Waals surface area contributed by atoms with E-state index in [2.05, 4.69) is 16.0 Å². The Morgan fingerprint density at radius 2 is 1.76 bits per heavy atom. The maximum atomic E-state index is 14.1. The van der Waals surface area contributed by atoms with Crippen LogP contribution in [-0.2, 0) is 14.4 Å². The van der Waals surface area contributed by atoms with Gasteiger partial charge >= 0.3 is 0 Å². The topological polar surface area (TPSA) is 135 Å². The molecule has 0 spiro atoms. The minimum absolute atomic E-state index is 0.0387. The number of nitrogens with one attached hydrogen (secondary N) is 3. The molecule has 1 heterocycles. The van der Waals surface area contributed by atoms with Crippen molar-refractivity contribution in [2.24, 2.45) is 5.92 Å². The highest BCUT2D eigenvalue weighted by Gasteiger charge is 2.31. The van der Waals surface area contributed by atoms with Crippen LogP contribution >= 0.6 is 0 Å². The Hall–Kier alpha value is -5.13. The highest BCUT2D eigenvalue weighted by atomic mass is 19.1. The SMILES string of the molecule is CCN1CCOc2ccccc2C(=O)N[C@H](C(=O)N[C@H](C)COc2ccc(F)cc2Oc2ccc(C)cc2)CC(=O)N[C@H](CC(C)C)C1=O. The normalized spacial score (nSPS) is 17.9. The lowest BCUT2D eigenvalue weighted by atomic mass is 10.0. The quantitative estimate of drug-likeness (QED) is 0.282. The molecule has 1 aliphatic rings. The summed E-state index contributed by atoms with van der Waals surface area (Å²) < 4.78 is 31.8. The molecule has 0 aliphatic carbocycles. The molecule has 49 heavy (non-hydrogen) atoms. The standard InChI is InChI=1S/C37H45FN4O7/c1-6-42-17-18-47-31-10-8-7-9-28(31)35(44)41-29(21-34(43)40-30(37(42)46)19-23(2)3)36(45)39-25(5)22-48-32-16-13-26(38)20-33(32)49-27-14-11-24(4)12-15-27/h7-16,20,23,25,29-30H,6,17-19,21-22H2,1-5H3,(H,39,45)(H,40,43)(H,41,44)/t25-,29+,30-/m1/s1. The van der Waals surface area contributed by atoms with E-state index in [1.807, 2.05) is 39.8 Å². The third kappa shape index (κ3) is 10.7. The second-order valence-corrected chi connectivity index (χ2v) is 12.5. The van der Waals surface area contributed by atoms with E-state index in [-0.39, 0.29) is 54.4 Å². The highest BCUT2D eigenvalue weighted by Crippen LogP contribution is 2.32. The van der Waals surface area contributed by atoms with Gasteiger partial charge in [0.25, 0.3) is 5.91 Å². The van der Waals surface area contributed by atoms with E-state index in [4.69, 9.17) is 14.2 Å². The zero-order chi connectivity index (χ0) is 35.5. The van der Waals surface area contributed by atoms with Gasteiger partial charge in [-0.1, -0.05) is 43.7 Å². The van der Waals surface area contributed by atoms with Crippen LogP contribution in [0.3, 0.4) is 0 Å². The molecule has 1 aliphatic heterocycles. The number of ether oxygens (including phenoxy) is 3. The molecule has 0 fully saturated rings. The summed E-state index contributed by atoms with van der Waals surface area (Å²) in [6.45, 7) is 10.1. The van der Waals surface area contributed by atoms with Crippen LogP contribution < -0.4 is 30.2 Å². The van der Waals surface area contributed by atoms with Gasteiger partial charge in [0.05, 0.1) is 24.6 Å². The van der Waals surface area contributed by atoms with Crippen LogP contribution in [0.4, 0.5) is 4.39 Å². The molecule has 4 rings (SSSR count). The van der Waals surface area contributed by atoms with Crippen LogP contribution in [0, 0.1) is 18.7 Å². The fourth-order valence-corrected chi connectivity index (χ4v) is 5.28. The minimum Gasteiger partial charge on any atom is -0.491 e. The smallest absolute Gasteiger partial charge is 0.255 e. The number of carbonyl (C=O) groups excluding carboxylic acids is 4. The highest BCUT2D eigenvalue weighted by molar-refractivity contribution is 6.01. The number of likely N-dealkylation sites (N-methyl/N-ethyl adjacent to an activating group) is 1. The zero-order valence-corrected chi connectivity index (χ0v) is 28.6. The van der Waals surface area contributed by atoms with E-state index < -0.39 is 48.1 Å². The minimum atomic E-state index is -1.30. The molecule has 0 aromatic heterocycles. The number of carbonyl (C=O) groups is 4. The first kappa shape index (κ1) is 36.7. The van der Waals surface area contributed by atoms with E-state index in [0.717, 1.165) is 5.56 Å². The number of rotatable bonds is 10.